The Labute approximate surface area is 356 Å². The molecule has 58 heavy (non-hydrogen) atoms. The quantitative estimate of drug-likeness (QED) is 0.0284. The molecule has 2 unspecified atom stereocenters. The molecule has 0 aliphatic heterocycles. The van der Waals surface area contributed by atoms with E-state index in [4.69, 9.17) is 14.2 Å². The Bertz CT molecular complexity index is 1130. The normalized spacial score (nSPS) is 13.5. The molecule has 8 nitrogen and oxygen atoms in total. The molecule has 0 aromatic carbocycles. The third-order valence-electron chi connectivity index (χ3n) is 10.2. The van der Waals surface area contributed by atoms with Gasteiger partial charge >= 0.3 is 17.9 Å². The summed E-state index contributed by atoms with van der Waals surface area (Å²) in [6, 6.07) is -0.620. The highest BCUT2D eigenvalue weighted by molar-refractivity contribution is 5.72. The highest BCUT2D eigenvalue weighted by Crippen LogP contribution is 2.14. The van der Waals surface area contributed by atoms with Gasteiger partial charge in [0.15, 0.2) is 12.1 Å². The standard InChI is InChI=1S/C50H87NO7/c1-6-8-10-12-14-16-18-20-22-24-26-28-30-32-34-36-38-40-48(52)57-45-46(44-56-43-42-47(50(54)55)51(3,4)5)58-49(53)41-39-37-35-33-31-29-27-25-23-21-19-17-15-13-11-9-7-2/h9,11,14-17,20-23,46-47H,6-8,10,12-13,18-19,24-45H2,1-5H3/p+1/b11-9-,16-14-,17-15-,22-20-,23-21-. The predicted octanol–water partition coefficient (Wildman–Crippen LogP) is 13.0. The zero-order valence-corrected chi connectivity index (χ0v) is 38.0. The molecule has 334 valence electrons. The lowest BCUT2D eigenvalue weighted by molar-refractivity contribution is -0.887. The number of carbonyl (C=O) groups excluding carboxylic acids is 2. The lowest BCUT2D eigenvalue weighted by atomic mass is 10.1. The van der Waals surface area contributed by atoms with Crippen molar-refractivity contribution in [3.8, 4) is 0 Å². The summed E-state index contributed by atoms with van der Waals surface area (Å²) in [5.74, 6) is -1.49. The Morgan fingerprint density at radius 2 is 0.966 bits per heavy atom. The molecule has 0 heterocycles. The number of hydrogen-bond acceptors (Lipinski definition) is 6. The maximum Gasteiger partial charge on any atom is 0.362 e. The number of carboxylic acids is 1. The summed E-state index contributed by atoms with van der Waals surface area (Å²) >= 11 is 0. The Hall–Kier alpha value is -2.97. The van der Waals surface area contributed by atoms with Gasteiger partial charge in [-0.2, -0.15) is 0 Å². The van der Waals surface area contributed by atoms with Gasteiger partial charge in [0.25, 0.3) is 0 Å². The number of likely N-dealkylation sites (N-methyl/N-ethyl adjacent to an activating group) is 1. The summed E-state index contributed by atoms with van der Waals surface area (Å²) in [6.07, 6.45) is 49.7. The number of hydrogen-bond donors (Lipinski definition) is 1. The number of carboxylic acid groups (broad SMARTS) is 1. The zero-order chi connectivity index (χ0) is 42.8. The van der Waals surface area contributed by atoms with E-state index in [-0.39, 0.29) is 36.2 Å². The van der Waals surface area contributed by atoms with Crippen LogP contribution in [0.4, 0.5) is 0 Å². The van der Waals surface area contributed by atoms with Crippen LogP contribution in [0.5, 0.6) is 0 Å². The molecule has 0 saturated carbocycles. The Morgan fingerprint density at radius 3 is 1.43 bits per heavy atom. The number of nitrogens with zero attached hydrogens (tertiary/aromatic N) is 1. The lowest BCUT2D eigenvalue weighted by Crippen LogP contribution is -2.50. The average Bonchev–Trinajstić information content (AvgIpc) is 3.18. The molecular formula is C50H88NO7+. The minimum Gasteiger partial charge on any atom is -0.477 e. The number of aliphatic carboxylic acids is 1. The summed E-state index contributed by atoms with van der Waals surface area (Å²) in [7, 11) is 5.52. The van der Waals surface area contributed by atoms with Crippen LogP contribution >= 0.6 is 0 Å². The summed E-state index contributed by atoms with van der Waals surface area (Å²) in [4.78, 5) is 37.1. The van der Waals surface area contributed by atoms with Crippen molar-refractivity contribution in [3.05, 3.63) is 60.8 Å². The lowest BCUT2D eigenvalue weighted by Gasteiger charge is -2.31. The third-order valence-corrected chi connectivity index (χ3v) is 10.2. The minimum absolute atomic E-state index is 0.0526. The topological polar surface area (TPSA) is 99.1 Å². The van der Waals surface area contributed by atoms with Crippen molar-refractivity contribution >= 4 is 17.9 Å². The first-order valence-corrected chi connectivity index (χ1v) is 23.3. The first-order valence-electron chi connectivity index (χ1n) is 23.3. The van der Waals surface area contributed by atoms with Crippen LogP contribution in [0.3, 0.4) is 0 Å². The molecule has 0 spiro atoms. The summed E-state index contributed by atoms with van der Waals surface area (Å²) in [6.45, 7) is 4.58. The number of carbonyl (C=O) groups is 3. The van der Waals surface area contributed by atoms with E-state index in [1.807, 2.05) is 21.1 Å². The van der Waals surface area contributed by atoms with Crippen LogP contribution in [-0.4, -0.2) is 80.6 Å². The molecule has 0 rings (SSSR count). The zero-order valence-electron chi connectivity index (χ0n) is 38.0. The van der Waals surface area contributed by atoms with Crippen molar-refractivity contribution in [3.63, 3.8) is 0 Å². The number of unbranched alkanes of at least 4 members (excludes halogenated alkanes) is 17. The van der Waals surface area contributed by atoms with Crippen molar-refractivity contribution in [1.29, 1.82) is 0 Å². The van der Waals surface area contributed by atoms with Crippen LogP contribution in [0.1, 0.15) is 187 Å². The molecule has 0 aliphatic rings. The molecule has 0 fully saturated rings. The molecule has 8 heteroatoms. The van der Waals surface area contributed by atoms with Gasteiger partial charge in [-0.05, 0) is 77.0 Å². The molecule has 0 amide bonds. The van der Waals surface area contributed by atoms with E-state index < -0.39 is 18.1 Å². The van der Waals surface area contributed by atoms with E-state index in [2.05, 4.69) is 74.6 Å². The van der Waals surface area contributed by atoms with Gasteiger partial charge in [0.2, 0.25) is 0 Å². The highest BCUT2D eigenvalue weighted by Gasteiger charge is 2.31. The average molecular weight is 815 g/mol. The van der Waals surface area contributed by atoms with Gasteiger partial charge in [0.05, 0.1) is 34.4 Å². The SMILES string of the molecule is CC/C=C\C/C=C\C/C=C\CCCCCCCCCC(=O)OC(COCCC(C(=O)O)[N+](C)(C)C)COC(=O)CCCCCCCCC/C=C\C/C=C\CCCCC. The molecule has 0 aromatic heterocycles. The van der Waals surface area contributed by atoms with Gasteiger partial charge in [-0.1, -0.05) is 152 Å². The molecule has 2 atom stereocenters. The fourth-order valence-corrected chi connectivity index (χ4v) is 6.55. The summed E-state index contributed by atoms with van der Waals surface area (Å²) < 4.78 is 17.3. The van der Waals surface area contributed by atoms with Gasteiger partial charge in [-0.15, -0.1) is 0 Å². The van der Waals surface area contributed by atoms with Gasteiger partial charge in [-0.3, -0.25) is 9.59 Å². The molecule has 0 bridgehead atoms. The van der Waals surface area contributed by atoms with Crippen molar-refractivity contribution < 1.29 is 38.2 Å². The fraction of sp³-hybridized carbons (Fsp3) is 0.740. The summed E-state index contributed by atoms with van der Waals surface area (Å²) in [5, 5.41) is 9.63. The second-order valence-electron chi connectivity index (χ2n) is 16.6. The fourth-order valence-electron chi connectivity index (χ4n) is 6.55. The van der Waals surface area contributed by atoms with Crippen LogP contribution in [0, 0.1) is 0 Å². The molecule has 0 aliphatic carbocycles. The number of quaternary nitrogens is 1. The molecule has 0 saturated heterocycles. The van der Waals surface area contributed by atoms with Crippen molar-refractivity contribution in [2.24, 2.45) is 0 Å². The maximum absolute atomic E-state index is 12.7. The van der Waals surface area contributed by atoms with E-state index in [0.717, 1.165) is 77.0 Å². The maximum atomic E-state index is 12.7. The first-order chi connectivity index (χ1) is 28.1. The smallest absolute Gasteiger partial charge is 0.362 e. The third kappa shape index (κ3) is 38.5. The van der Waals surface area contributed by atoms with E-state index in [0.29, 0.717) is 19.3 Å². The van der Waals surface area contributed by atoms with Crippen molar-refractivity contribution in [2.75, 3.05) is 41.0 Å². The van der Waals surface area contributed by atoms with Crippen LogP contribution in [-0.2, 0) is 28.6 Å². The van der Waals surface area contributed by atoms with Crippen LogP contribution in [0.2, 0.25) is 0 Å². The molecular weight excluding hydrogens is 727 g/mol. The van der Waals surface area contributed by atoms with E-state index in [1.165, 1.54) is 77.0 Å². The second kappa shape index (κ2) is 40.8. The number of ether oxygens (including phenoxy) is 3. The van der Waals surface area contributed by atoms with Crippen LogP contribution in [0.25, 0.3) is 0 Å². The Balaban J connectivity index is 4.34. The predicted molar refractivity (Wildman–Crippen MR) is 243 cm³/mol. The molecule has 0 aromatic rings. The van der Waals surface area contributed by atoms with Crippen molar-refractivity contribution in [2.45, 2.75) is 199 Å². The number of allylic oxidation sites excluding steroid dienone is 10. The minimum atomic E-state index is -0.879. The van der Waals surface area contributed by atoms with Gasteiger partial charge in [0.1, 0.15) is 6.61 Å². The Kier molecular flexibility index (Phi) is 38.7. The van der Waals surface area contributed by atoms with Gasteiger partial charge in [0, 0.05) is 19.3 Å². The summed E-state index contributed by atoms with van der Waals surface area (Å²) in [5.41, 5.74) is 0. The Morgan fingerprint density at radius 1 is 0.534 bits per heavy atom. The first kappa shape index (κ1) is 55.0. The van der Waals surface area contributed by atoms with Gasteiger partial charge in [-0.25, -0.2) is 4.79 Å². The molecule has 1 N–H and O–H groups in total. The number of esters is 2. The monoisotopic (exact) mass is 815 g/mol. The van der Waals surface area contributed by atoms with Crippen LogP contribution in [0.15, 0.2) is 60.8 Å². The highest BCUT2D eigenvalue weighted by atomic mass is 16.6. The van der Waals surface area contributed by atoms with E-state index >= 15 is 0 Å². The van der Waals surface area contributed by atoms with E-state index in [1.54, 1.807) is 0 Å². The van der Waals surface area contributed by atoms with Crippen LogP contribution < -0.4 is 0 Å². The van der Waals surface area contributed by atoms with Crippen molar-refractivity contribution in [1.82, 2.24) is 0 Å². The molecule has 0 radical (unpaired) electrons. The largest absolute Gasteiger partial charge is 0.477 e. The van der Waals surface area contributed by atoms with E-state index in [9.17, 15) is 19.5 Å². The van der Waals surface area contributed by atoms with Gasteiger partial charge < -0.3 is 23.8 Å². The number of rotatable bonds is 41. The second-order valence-corrected chi connectivity index (χ2v) is 16.6.